The smallest absolute Gasteiger partial charge is 0.261 e. The summed E-state index contributed by atoms with van der Waals surface area (Å²) < 4.78 is 5.36. The lowest BCUT2D eigenvalue weighted by Gasteiger charge is -2.16. The van der Waals surface area contributed by atoms with E-state index in [0.29, 0.717) is 33.0 Å². The van der Waals surface area contributed by atoms with E-state index in [-0.39, 0.29) is 29.7 Å². The van der Waals surface area contributed by atoms with Crippen LogP contribution in [0.25, 0.3) is 0 Å². The molecule has 0 unspecified atom stereocenters. The average molecular weight is 476 g/mol. The number of fused-ring (bicyclic) bond motifs is 1. The Balaban J connectivity index is 1.57. The highest BCUT2D eigenvalue weighted by Gasteiger charge is 2.35. The molecule has 0 aliphatic carbocycles. The lowest BCUT2D eigenvalue weighted by atomic mass is 10.1. The van der Waals surface area contributed by atoms with Crippen LogP contribution >= 0.6 is 11.8 Å². The largest absolute Gasteiger partial charge is 0.496 e. The van der Waals surface area contributed by atoms with Crippen LogP contribution in [0, 0.1) is 0 Å². The van der Waals surface area contributed by atoms with Gasteiger partial charge in [0.05, 0.1) is 41.8 Å². The van der Waals surface area contributed by atoms with E-state index in [1.54, 1.807) is 66.7 Å². The number of carbonyl (C=O) groups is 4. The molecule has 4 amide bonds. The molecule has 0 fully saturated rings. The van der Waals surface area contributed by atoms with Gasteiger partial charge in [-0.3, -0.25) is 24.1 Å². The molecule has 0 saturated heterocycles. The molecule has 0 saturated carbocycles. The first-order valence-electron chi connectivity index (χ1n) is 10.3. The Morgan fingerprint density at radius 3 is 2.26 bits per heavy atom. The summed E-state index contributed by atoms with van der Waals surface area (Å²) >= 11 is 1.22. The summed E-state index contributed by atoms with van der Waals surface area (Å²) in [5.41, 5.74) is 7.32. The summed E-state index contributed by atoms with van der Waals surface area (Å²) in [7, 11) is 1.45. The van der Waals surface area contributed by atoms with Gasteiger partial charge >= 0.3 is 0 Å². The number of anilines is 1. The number of nitrogens with one attached hydrogen (secondary N) is 1. The quantitative estimate of drug-likeness (QED) is 0.381. The summed E-state index contributed by atoms with van der Waals surface area (Å²) in [6.07, 6.45) is 0. The molecule has 3 aromatic carbocycles. The number of methoxy groups -OCH3 is 1. The third kappa shape index (κ3) is 4.65. The molecule has 9 heteroatoms. The summed E-state index contributed by atoms with van der Waals surface area (Å²) in [5.74, 6) is -1.23. The van der Waals surface area contributed by atoms with Gasteiger partial charge in [0.25, 0.3) is 17.7 Å². The number of rotatable bonds is 8. The predicted molar refractivity (Wildman–Crippen MR) is 128 cm³/mol. The fourth-order valence-corrected chi connectivity index (χ4v) is 4.38. The van der Waals surface area contributed by atoms with Crippen LogP contribution < -0.4 is 15.8 Å². The molecular weight excluding hydrogens is 454 g/mol. The van der Waals surface area contributed by atoms with Crippen LogP contribution in [0.15, 0.2) is 71.6 Å². The third-order valence-corrected chi connectivity index (χ3v) is 6.33. The van der Waals surface area contributed by atoms with Gasteiger partial charge in [-0.25, -0.2) is 0 Å². The van der Waals surface area contributed by atoms with Crippen molar-refractivity contribution in [2.24, 2.45) is 5.73 Å². The van der Waals surface area contributed by atoms with Crippen molar-refractivity contribution >= 4 is 41.1 Å². The van der Waals surface area contributed by atoms with Crippen molar-refractivity contribution in [2.45, 2.75) is 11.4 Å². The SMILES string of the molecule is COc1ccc(CN2C(=O)c3ccccc3C2=O)cc1C(=O)Nc1ccccc1SCC(N)=O. The van der Waals surface area contributed by atoms with Gasteiger partial charge in [-0.05, 0) is 42.0 Å². The van der Waals surface area contributed by atoms with E-state index in [0.717, 1.165) is 4.90 Å². The first-order chi connectivity index (χ1) is 16.4. The molecule has 1 aliphatic heterocycles. The van der Waals surface area contributed by atoms with Gasteiger partial charge in [0.2, 0.25) is 5.91 Å². The van der Waals surface area contributed by atoms with Crippen molar-refractivity contribution in [2.75, 3.05) is 18.2 Å². The van der Waals surface area contributed by atoms with Crippen LogP contribution in [0.3, 0.4) is 0 Å². The van der Waals surface area contributed by atoms with Gasteiger partial charge < -0.3 is 15.8 Å². The zero-order valence-electron chi connectivity index (χ0n) is 18.2. The van der Waals surface area contributed by atoms with Crippen LogP contribution in [-0.2, 0) is 11.3 Å². The maximum absolute atomic E-state index is 13.1. The summed E-state index contributed by atoms with van der Waals surface area (Å²) in [5, 5.41) is 2.84. The minimum absolute atomic E-state index is 0.0155. The molecule has 3 N–H and O–H groups in total. The molecule has 0 bridgehead atoms. The number of hydrogen-bond acceptors (Lipinski definition) is 6. The first kappa shape index (κ1) is 23.1. The van der Waals surface area contributed by atoms with E-state index in [4.69, 9.17) is 10.5 Å². The standard InChI is InChI=1S/C25H21N3O5S/c1-33-20-11-10-15(13-28-24(31)16-6-2-3-7-17(16)25(28)32)12-18(20)23(30)27-19-8-4-5-9-21(19)34-14-22(26)29/h2-12H,13-14H2,1H3,(H2,26,29)(H,27,30). The number of benzene rings is 3. The minimum Gasteiger partial charge on any atom is -0.496 e. The Hall–Kier alpha value is -4.11. The van der Waals surface area contributed by atoms with E-state index in [1.807, 2.05) is 0 Å². The summed E-state index contributed by atoms with van der Waals surface area (Å²) in [6.45, 7) is 0.0155. The van der Waals surface area contributed by atoms with Crippen LogP contribution in [0.4, 0.5) is 5.69 Å². The number of para-hydroxylation sites is 1. The number of imide groups is 1. The number of hydrogen-bond donors (Lipinski definition) is 2. The van der Waals surface area contributed by atoms with E-state index in [2.05, 4.69) is 5.32 Å². The van der Waals surface area contributed by atoms with Crippen molar-refractivity contribution in [3.8, 4) is 5.75 Å². The highest BCUT2D eigenvalue weighted by molar-refractivity contribution is 8.00. The van der Waals surface area contributed by atoms with E-state index >= 15 is 0 Å². The summed E-state index contributed by atoms with van der Waals surface area (Å²) in [4.78, 5) is 51.6. The first-order valence-corrected chi connectivity index (χ1v) is 11.3. The molecule has 8 nitrogen and oxygen atoms in total. The Morgan fingerprint density at radius 1 is 0.971 bits per heavy atom. The van der Waals surface area contributed by atoms with Crippen molar-refractivity contribution in [1.82, 2.24) is 4.90 Å². The Bertz CT molecular complexity index is 1270. The van der Waals surface area contributed by atoms with Gasteiger partial charge in [0.1, 0.15) is 5.75 Å². The summed E-state index contributed by atoms with van der Waals surface area (Å²) in [6, 6.07) is 18.6. The van der Waals surface area contributed by atoms with Crippen molar-refractivity contribution in [3.05, 3.63) is 89.0 Å². The van der Waals surface area contributed by atoms with Crippen molar-refractivity contribution < 1.29 is 23.9 Å². The van der Waals surface area contributed by atoms with Crippen LogP contribution in [-0.4, -0.2) is 41.4 Å². The second-order valence-corrected chi connectivity index (χ2v) is 8.50. The number of nitrogens with two attached hydrogens (primary N) is 1. The maximum atomic E-state index is 13.1. The molecule has 3 aromatic rings. The predicted octanol–water partition coefficient (Wildman–Crippen LogP) is 3.32. The lowest BCUT2D eigenvalue weighted by Crippen LogP contribution is -2.29. The number of ether oxygens (including phenoxy) is 1. The second kappa shape index (κ2) is 9.80. The van der Waals surface area contributed by atoms with Crippen molar-refractivity contribution in [1.29, 1.82) is 0 Å². The molecule has 4 rings (SSSR count). The van der Waals surface area contributed by atoms with Crippen molar-refractivity contribution in [3.63, 3.8) is 0 Å². The molecule has 34 heavy (non-hydrogen) atoms. The average Bonchev–Trinajstić information content (AvgIpc) is 3.08. The Labute approximate surface area is 200 Å². The van der Waals surface area contributed by atoms with Gasteiger partial charge in [-0.2, -0.15) is 0 Å². The fourth-order valence-electron chi connectivity index (χ4n) is 3.63. The Kier molecular flexibility index (Phi) is 6.65. The van der Waals surface area contributed by atoms with E-state index in [1.165, 1.54) is 18.9 Å². The van der Waals surface area contributed by atoms with Crippen LogP contribution in [0.2, 0.25) is 0 Å². The Morgan fingerprint density at radius 2 is 1.62 bits per heavy atom. The molecule has 1 heterocycles. The molecule has 0 aromatic heterocycles. The molecule has 0 atom stereocenters. The molecule has 172 valence electrons. The van der Waals surface area contributed by atoms with Gasteiger partial charge in [-0.1, -0.05) is 30.3 Å². The van der Waals surface area contributed by atoms with Crippen LogP contribution in [0.5, 0.6) is 5.75 Å². The highest BCUT2D eigenvalue weighted by Crippen LogP contribution is 2.30. The minimum atomic E-state index is -0.464. The normalized spacial score (nSPS) is 12.4. The zero-order valence-corrected chi connectivity index (χ0v) is 19.1. The number of nitrogens with zero attached hydrogens (tertiary/aromatic N) is 1. The van der Waals surface area contributed by atoms with Gasteiger partial charge in [0.15, 0.2) is 0 Å². The van der Waals surface area contributed by atoms with E-state index < -0.39 is 11.8 Å². The van der Waals surface area contributed by atoms with Gasteiger partial charge in [0, 0.05) is 4.90 Å². The number of thioether (sulfide) groups is 1. The topological polar surface area (TPSA) is 119 Å². The number of carbonyl (C=O) groups excluding carboxylic acids is 4. The highest BCUT2D eigenvalue weighted by atomic mass is 32.2. The molecule has 1 aliphatic rings. The fraction of sp³-hybridized carbons (Fsp3) is 0.120. The van der Waals surface area contributed by atoms with Crippen LogP contribution in [0.1, 0.15) is 36.6 Å². The molecular formula is C25H21N3O5S. The zero-order chi connectivity index (χ0) is 24.2. The lowest BCUT2D eigenvalue weighted by molar-refractivity contribution is -0.115. The number of amides is 4. The monoisotopic (exact) mass is 475 g/mol. The number of primary amides is 1. The van der Waals surface area contributed by atoms with E-state index in [9.17, 15) is 19.2 Å². The second-order valence-electron chi connectivity index (χ2n) is 7.48. The third-order valence-electron chi connectivity index (χ3n) is 5.23. The maximum Gasteiger partial charge on any atom is 0.261 e. The van der Waals surface area contributed by atoms with Gasteiger partial charge in [-0.15, -0.1) is 11.8 Å². The molecule has 0 spiro atoms. The molecule has 0 radical (unpaired) electrons.